The molecular weight excluding hydrogens is 192 g/mol. The number of allylic oxidation sites excluding steroid dienone is 1. The van der Waals surface area contributed by atoms with Gasteiger partial charge < -0.3 is 4.74 Å². The second-order valence-electron chi connectivity index (χ2n) is 3.01. The summed E-state index contributed by atoms with van der Waals surface area (Å²) in [5.74, 6) is 1.31. The van der Waals surface area contributed by atoms with Crippen molar-refractivity contribution in [3.63, 3.8) is 0 Å². The SMILES string of the molecule is O=C=CCCC(=O)OCc1ccccc1. The van der Waals surface area contributed by atoms with Crippen LogP contribution in [0.5, 0.6) is 0 Å². The van der Waals surface area contributed by atoms with Gasteiger partial charge in [-0.3, -0.25) is 4.79 Å². The van der Waals surface area contributed by atoms with Crippen LogP contribution in [0.2, 0.25) is 0 Å². The Labute approximate surface area is 88.4 Å². The average molecular weight is 204 g/mol. The van der Waals surface area contributed by atoms with Gasteiger partial charge in [-0.25, -0.2) is 4.79 Å². The molecule has 0 bridgehead atoms. The topological polar surface area (TPSA) is 43.4 Å². The van der Waals surface area contributed by atoms with E-state index in [0.29, 0.717) is 6.42 Å². The summed E-state index contributed by atoms with van der Waals surface area (Å²) < 4.78 is 4.99. The zero-order chi connectivity index (χ0) is 10.9. The lowest BCUT2D eigenvalue weighted by atomic mass is 10.2. The smallest absolute Gasteiger partial charge is 0.306 e. The summed E-state index contributed by atoms with van der Waals surface area (Å²) in [5, 5.41) is 0. The molecule has 3 heteroatoms. The van der Waals surface area contributed by atoms with Crippen LogP contribution in [0.25, 0.3) is 0 Å². The fourth-order valence-corrected chi connectivity index (χ4v) is 1.06. The lowest BCUT2D eigenvalue weighted by molar-refractivity contribution is -0.144. The lowest BCUT2D eigenvalue weighted by Crippen LogP contribution is -2.03. The van der Waals surface area contributed by atoms with Gasteiger partial charge in [0.15, 0.2) is 0 Å². The first-order chi connectivity index (χ1) is 7.33. The van der Waals surface area contributed by atoms with Crippen molar-refractivity contribution in [1.82, 2.24) is 0 Å². The van der Waals surface area contributed by atoms with E-state index in [9.17, 15) is 9.59 Å². The van der Waals surface area contributed by atoms with Crippen LogP contribution < -0.4 is 0 Å². The van der Waals surface area contributed by atoms with Crippen molar-refractivity contribution in [3.8, 4) is 0 Å². The number of hydrogen-bond donors (Lipinski definition) is 0. The van der Waals surface area contributed by atoms with Crippen LogP contribution >= 0.6 is 0 Å². The van der Waals surface area contributed by atoms with Gasteiger partial charge in [-0.05, 0) is 12.0 Å². The molecule has 0 saturated carbocycles. The van der Waals surface area contributed by atoms with Crippen LogP contribution in [0, 0.1) is 0 Å². The molecule has 0 unspecified atom stereocenters. The van der Waals surface area contributed by atoms with Crippen LogP contribution in [0.4, 0.5) is 0 Å². The number of benzene rings is 1. The maximum Gasteiger partial charge on any atom is 0.306 e. The predicted molar refractivity (Wildman–Crippen MR) is 55.7 cm³/mol. The monoisotopic (exact) mass is 204 g/mol. The highest BCUT2D eigenvalue weighted by Crippen LogP contribution is 2.02. The summed E-state index contributed by atoms with van der Waals surface area (Å²) in [5.41, 5.74) is 0.955. The third-order valence-corrected chi connectivity index (χ3v) is 1.82. The Bertz CT molecular complexity index is 350. The summed E-state index contributed by atoms with van der Waals surface area (Å²) in [4.78, 5) is 21.0. The molecule has 0 aliphatic heterocycles. The Balaban J connectivity index is 2.25. The van der Waals surface area contributed by atoms with Gasteiger partial charge in [0, 0.05) is 12.5 Å². The van der Waals surface area contributed by atoms with Crippen LogP contribution in [0.3, 0.4) is 0 Å². The van der Waals surface area contributed by atoms with Gasteiger partial charge in [-0.15, -0.1) is 0 Å². The van der Waals surface area contributed by atoms with Gasteiger partial charge >= 0.3 is 5.97 Å². The summed E-state index contributed by atoms with van der Waals surface area (Å²) in [6.07, 6.45) is 1.89. The van der Waals surface area contributed by atoms with Crippen molar-refractivity contribution >= 4 is 11.9 Å². The fraction of sp³-hybridized carbons (Fsp3) is 0.250. The Kier molecular flexibility index (Phi) is 4.91. The first-order valence-electron chi connectivity index (χ1n) is 4.72. The van der Waals surface area contributed by atoms with E-state index in [1.807, 2.05) is 30.3 Å². The molecule has 78 valence electrons. The van der Waals surface area contributed by atoms with Gasteiger partial charge in [0.25, 0.3) is 0 Å². The third kappa shape index (κ3) is 4.79. The van der Waals surface area contributed by atoms with Crippen molar-refractivity contribution in [2.45, 2.75) is 19.4 Å². The lowest BCUT2D eigenvalue weighted by Gasteiger charge is -2.03. The van der Waals surface area contributed by atoms with E-state index in [1.165, 1.54) is 6.08 Å². The van der Waals surface area contributed by atoms with E-state index >= 15 is 0 Å². The molecule has 3 nitrogen and oxygen atoms in total. The molecule has 1 aromatic carbocycles. The molecule has 0 aliphatic carbocycles. The first kappa shape index (κ1) is 11.2. The first-order valence-corrected chi connectivity index (χ1v) is 4.72. The van der Waals surface area contributed by atoms with Crippen LogP contribution in [0.15, 0.2) is 36.4 Å². The summed E-state index contributed by atoms with van der Waals surface area (Å²) in [6.45, 7) is 0.282. The van der Waals surface area contributed by atoms with Crippen molar-refractivity contribution in [2.24, 2.45) is 0 Å². The highest BCUT2D eigenvalue weighted by Gasteiger charge is 2.01. The molecule has 0 heterocycles. The van der Waals surface area contributed by atoms with Crippen molar-refractivity contribution in [3.05, 3.63) is 42.0 Å². The normalized spacial score (nSPS) is 9.07. The Morgan fingerprint density at radius 3 is 2.73 bits per heavy atom. The zero-order valence-corrected chi connectivity index (χ0v) is 8.31. The van der Waals surface area contributed by atoms with E-state index in [4.69, 9.17) is 4.74 Å². The molecule has 0 aromatic heterocycles. The molecule has 0 radical (unpaired) electrons. The summed E-state index contributed by atoms with van der Waals surface area (Å²) in [6, 6.07) is 9.45. The molecule has 0 atom stereocenters. The van der Waals surface area contributed by atoms with E-state index < -0.39 is 0 Å². The number of ether oxygens (including phenoxy) is 1. The Morgan fingerprint density at radius 1 is 1.33 bits per heavy atom. The molecule has 0 amide bonds. The van der Waals surface area contributed by atoms with Crippen molar-refractivity contribution in [2.75, 3.05) is 0 Å². The fourth-order valence-electron chi connectivity index (χ4n) is 1.06. The standard InChI is InChI=1S/C12H12O3/c13-9-5-4-8-12(14)15-10-11-6-2-1-3-7-11/h1-3,5-7H,4,8,10H2. The quantitative estimate of drug-likeness (QED) is 0.543. The number of carbonyl (C=O) groups is 1. The highest BCUT2D eigenvalue weighted by molar-refractivity contribution is 5.69. The third-order valence-electron chi connectivity index (χ3n) is 1.82. The van der Waals surface area contributed by atoms with E-state index in [0.717, 1.165) is 5.56 Å². The number of esters is 1. The van der Waals surface area contributed by atoms with Crippen molar-refractivity contribution in [1.29, 1.82) is 0 Å². The van der Waals surface area contributed by atoms with Gasteiger partial charge in [-0.1, -0.05) is 30.3 Å². The maximum atomic E-state index is 11.1. The second-order valence-corrected chi connectivity index (χ2v) is 3.01. The summed E-state index contributed by atoms with van der Waals surface area (Å²) >= 11 is 0. The summed E-state index contributed by atoms with van der Waals surface area (Å²) in [7, 11) is 0. The molecule has 1 aromatic rings. The number of carbonyl (C=O) groups excluding carboxylic acids is 2. The largest absolute Gasteiger partial charge is 0.461 e. The minimum absolute atomic E-state index is 0.224. The van der Waals surface area contributed by atoms with E-state index in [-0.39, 0.29) is 19.0 Å². The molecule has 0 aliphatic rings. The zero-order valence-electron chi connectivity index (χ0n) is 8.31. The molecule has 1 rings (SSSR count). The molecule has 0 spiro atoms. The molecular formula is C12H12O3. The van der Waals surface area contributed by atoms with Gasteiger partial charge in [0.2, 0.25) is 0 Å². The molecule has 0 saturated heterocycles. The maximum absolute atomic E-state index is 11.1. The number of rotatable bonds is 5. The van der Waals surface area contributed by atoms with Crippen molar-refractivity contribution < 1.29 is 14.3 Å². The molecule has 15 heavy (non-hydrogen) atoms. The number of hydrogen-bond acceptors (Lipinski definition) is 3. The van der Waals surface area contributed by atoms with Gasteiger partial charge in [-0.2, -0.15) is 0 Å². The second kappa shape index (κ2) is 6.57. The van der Waals surface area contributed by atoms with Gasteiger partial charge in [0.05, 0.1) is 0 Å². The minimum Gasteiger partial charge on any atom is -0.461 e. The van der Waals surface area contributed by atoms with E-state index in [1.54, 1.807) is 5.94 Å². The minimum atomic E-state index is -0.301. The predicted octanol–water partition coefficient (Wildman–Crippen LogP) is 1.90. The van der Waals surface area contributed by atoms with E-state index in [2.05, 4.69) is 0 Å². The van der Waals surface area contributed by atoms with Crippen LogP contribution in [-0.2, 0) is 20.9 Å². The average Bonchev–Trinajstić information content (AvgIpc) is 2.28. The molecule has 0 N–H and O–H groups in total. The van der Waals surface area contributed by atoms with Gasteiger partial charge in [0.1, 0.15) is 12.5 Å². The molecule has 0 fully saturated rings. The Hall–Kier alpha value is -1.86. The van der Waals surface area contributed by atoms with Crippen LogP contribution in [-0.4, -0.2) is 11.9 Å². The Morgan fingerprint density at radius 2 is 2.07 bits per heavy atom. The van der Waals surface area contributed by atoms with Crippen LogP contribution in [0.1, 0.15) is 18.4 Å². The highest BCUT2D eigenvalue weighted by atomic mass is 16.5.